The summed E-state index contributed by atoms with van der Waals surface area (Å²) in [6, 6.07) is 0. The Kier molecular flexibility index (Phi) is 5.82. The molecule has 0 aromatic rings. The minimum Gasteiger partial charge on any atom is -0.375 e. The Labute approximate surface area is 96.0 Å². The molecule has 0 radical (unpaired) electrons. The van der Waals surface area contributed by atoms with Crippen molar-refractivity contribution >= 4 is 0 Å². The maximum atomic E-state index is 5.69. The molecule has 15 heavy (non-hydrogen) atoms. The molecule has 0 rings (SSSR count). The second-order valence-corrected chi connectivity index (χ2v) is 6.57. The summed E-state index contributed by atoms with van der Waals surface area (Å²) in [4.78, 5) is 2.34. The van der Waals surface area contributed by atoms with Crippen LogP contribution >= 0.6 is 0 Å². The van der Waals surface area contributed by atoms with Gasteiger partial charge in [-0.05, 0) is 46.2 Å². The molecule has 0 bridgehead atoms. The quantitative estimate of drug-likeness (QED) is 0.698. The molecule has 0 aliphatic rings. The van der Waals surface area contributed by atoms with Crippen LogP contribution in [0.3, 0.4) is 0 Å². The molecule has 0 aromatic heterocycles. The zero-order valence-electron chi connectivity index (χ0n) is 11.7. The average Bonchev–Trinajstić information content (AvgIpc) is 1.97. The van der Waals surface area contributed by atoms with E-state index < -0.39 is 0 Å². The van der Waals surface area contributed by atoms with Crippen molar-refractivity contribution in [1.82, 2.24) is 4.90 Å². The molecular formula is C13H29NO. The highest BCUT2D eigenvalue weighted by Crippen LogP contribution is 2.18. The van der Waals surface area contributed by atoms with Gasteiger partial charge in [0.25, 0.3) is 0 Å². The lowest BCUT2D eigenvalue weighted by atomic mass is 9.92. The SMILES string of the molecule is CN(CCOC(C)(C)C)CCC(C)(C)C. The highest BCUT2D eigenvalue weighted by atomic mass is 16.5. The highest BCUT2D eigenvalue weighted by molar-refractivity contribution is 4.65. The molecule has 0 aliphatic carbocycles. The van der Waals surface area contributed by atoms with Crippen molar-refractivity contribution < 1.29 is 4.74 Å². The predicted octanol–water partition coefficient (Wildman–Crippen LogP) is 3.17. The van der Waals surface area contributed by atoms with Gasteiger partial charge >= 0.3 is 0 Å². The molecule has 0 spiro atoms. The third-order valence-electron chi connectivity index (χ3n) is 2.25. The Morgan fingerprint density at radius 3 is 1.87 bits per heavy atom. The standard InChI is InChI=1S/C13H29NO/c1-12(2,3)8-9-14(7)10-11-15-13(4,5)6/h8-11H2,1-7H3. The molecule has 0 fully saturated rings. The van der Waals surface area contributed by atoms with Crippen LogP contribution in [0, 0.1) is 5.41 Å². The minimum absolute atomic E-state index is 0.00906. The second kappa shape index (κ2) is 5.86. The van der Waals surface area contributed by atoms with Crippen LogP contribution in [0.15, 0.2) is 0 Å². The molecular weight excluding hydrogens is 186 g/mol. The Morgan fingerprint density at radius 2 is 1.47 bits per heavy atom. The van der Waals surface area contributed by atoms with Gasteiger partial charge in [-0.15, -0.1) is 0 Å². The first kappa shape index (κ1) is 14.9. The Bertz CT molecular complexity index is 164. The van der Waals surface area contributed by atoms with Crippen molar-refractivity contribution in [2.24, 2.45) is 5.41 Å². The minimum atomic E-state index is -0.00906. The van der Waals surface area contributed by atoms with E-state index in [9.17, 15) is 0 Å². The van der Waals surface area contributed by atoms with Crippen molar-refractivity contribution in [1.29, 1.82) is 0 Å². The fourth-order valence-corrected chi connectivity index (χ4v) is 1.15. The van der Waals surface area contributed by atoms with E-state index in [2.05, 4.69) is 53.5 Å². The molecule has 0 N–H and O–H groups in total. The van der Waals surface area contributed by atoms with Crippen molar-refractivity contribution in [3.63, 3.8) is 0 Å². The van der Waals surface area contributed by atoms with E-state index in [0.29, 0.717) is 5.41 Å². The molecule has 0 heterocycles. The first-order valence-corrected chi connectivity index (χ1v) is 5.93. The van der Waals surface area contributed by atoms with Crippen molar-refractivity contribution in [2.45, 2.75) is 53.6 Å². The number of hydrogen-bond donors (Lipinski definition) is 0. The molecule has 92 valence electrons. The number of likely N-dealkylation sites (N-methyl/N-ethyl adjacent to an activating group) is 1. The van der Waals surface area contributed by atoms with E-state index in [1.165, 1.54) is 6.42 Å². The highest BCUT2D eigenvalue weighted by Gasteiger charge is 2.12. The molecule has 2 heteroatoms. The molecule has 0 saturated carbocycles. The molecule has 2 nitrogen and oxygen atoms in total. The van der Waals surface area contributed by atoms with E-state index in [-0.39, 0.29) is 5.60 Å². The zero-order chi connectivity index (χ0) is 12.1. The molecule has 0 amide bonds. The van der Waals surface area contributed by atoms with Gasteiger partial charge in [0.2, 0.25) is 0 Å². The van der Waals surface area contributed by atoms with E-state index in [0.717, 1.165) is 19.7 Å². The van der Waals surface area contributed by atoms with Crippen LogP contribution < -0.4 is 0 Å². The summed E-state index contributed by atoms with van der Waals surface area (Å²) in [5.74, 6) is 0. The maximum Gasteiger partial charge on any atom is 0.0600 e. The molecule has 0 saturated heterocycles. The van der Waals surface area contributed by atoms with Gasteiger partial charge in [-0.2, -0.15) is 0 Å². The van der Waals surface area contributed by atoms with Gasteiger partial charge in [-0.25, -0.2) is 0 Å². The summed E-state index contributed by atoms with van der Waals surface area (Å²) >= 11 is 0. The average molecular weight is 215 g/mol. The number of rotatable bonds is 5. The van der Waals surface area contributed by atoms with Crippen molar-refractivity contribution in [2.75, 3.05) is 26.7 Å². The van der Waals surface area contributed by atoms with E-state index >= 15 is 0 Å². The normalized spacial score (nSPS) is 13.6. The van der Waals surface area contributed by atoms with Gasteiger partial charge in [0.05, 0.1) is 12.2 Å². The van der Waals surface area contributed by atoms with E-state index in [1.807, 2.05) is 0 Å². The third-order valence-corrected chi connectivity index (χ3v) is 2.25. The summed E-state index contributed by atoms with van der Waals surface area (Å²) < 4.78 is 5.69. The molecule has 0 unspecified atom stereocenters. The van der Waals surface area contributed by atoms with Crippen LogP contribution in [0.2, 0.25) is 0 Å². The Morgan fingerprint density at radius 1 is 0.933 bits per heavy atom. The van der Waals surface area contributed by atoms with Crippen LogP contribution in [-0.2, 0) is 4.74 Å². The number of nitrogens with zero attached hydrogens (tertiary/aromatic N) is 1. The third kappa shape index (κ3) is 11.8. The van der Waals surface area contributed by atoms with Crippen LogP contribution in [-0.4, -0.2) is 37.2 Å². The fourth-order valence-electron chi connectivity index (χ4n) is 1.15. The summed E-state index contributed by atoms with van der Waals surface area (Å²) in [6.45, 7) is 16.1. The van der Waals surface area contributed by atoms with Gasteiger partial charge < -0.3 is 9.64 Å². The summed E-state index contributed by atoms with van der Waals surface area (Å²) in [5, 5.41) is 0. The fraction of sp³-hybridized carbons (Fsp3) is 1.00. The van der Waals surface area contributed by atoms with Crippen LogP contribution in [0.4, 0.5) is 0 Å². The maximum absolute atomic E-state index is 5.69. The largest absolute Gasteiger partial charge is 0.375 e. The van der Waals surface area contributed by atoms with Crippen molar-refractivity contribution in [3.8, 4) is 0 Å². The number of ether oxygens (including phenoxy) is 1. The molecule has 0 aromatic carbocycles. The Balaban J connectivity index is 3.54. The first-order chi connectivity index (χ1) is 6.60. The van der Waals surface area contributed by atoms with E-state index in [4.69, 9.17) is 4.74 Å². The summed E-state index contributed by atoms with van der Waals surface area (Å²) in [6.07, 6.45) is 1.24. The van der Waals surface area contributed by atoms with Crippen LogP contribution in [0.1, 0.15) is 48.0 Å². The Hall–Kier alpha value is -0.0800. The van der Waals surface area contributed by atoms with Gasteiger partial charge in [-0.3, -0.25) is 0 Å². The van der Waals surface area contributed by atoms with Gasteiger partial charge in [0, 0.05) is 6.54 Å². The zero-order valence-corrected chi connectivity index (χ0v) is 11.7. The molecule has 0 atom stereocenters. The summed E-state index contributed by atoms with van der Waals surface area (Å²) in [5.41, 5.74) is 0.421. The predicted molar refractivity (Wildman–Crippen MR) is 67.3 cm³/mol. The summed E-state index contributed by atoms with van der Waals surface area (Å²) in [7, 11) is 2.16. The lowest BCUT2D eigenvalue weighted by molar-refractivity contribution is -0.0113. The topological polar surface area (TPSA) is 12.5 Å². The van der Waals surface area contributed by atoms with E-state index in [1.54, 1.807) is 0 Å². The van der Waals surface area contributed by atoms with Crippen LogP contribution in [0.5, 0.6) is 0 Å². The lowest BCUT2D eigenvalue weighted by Crippen LogP contribution is -2.30. The lowest BCUT2D eigenvalue weighted by Gasteiger charge is -2.25. The van der Waals surface area contributed by atoms with Gasteiger partial charge in [0.15, 0.2) is 0 Å². The first-order valence-electron chi connectivity index (χ1n) is 5.93. The van der Waals surface area contributed by atoms with Crippen LogP contribution in [0.25, 0.3) is 0 Å². The van der Waals surface area contributed by atoms with Crippen molar-refractivity contribution in [3.05, 3.63) is 0 Å². The second-order valence-electron chi connectivity index (χ2n) is 6.57. The van der Waals surface area contributed by atoms with Gasteiger partial charge in [-0.1, -0.05) is 20.8 Å². The van der Waals surface area contributed by atoms with Gasteiger partial charge in [0.1, 0.15) is 0 Å². The molecule has 0 aliphatic heterocycles. The smallest absolute Gasteiger partial charge is 0.0600 e. The monoisotopic (exact) mass is 215 g/mol. The number of hydrogen-bond acceptors (Lipinski definition) is 2.